The zero-order chi connectivity index (χ0) is 20.4. The van der Waals surface area contributed by atoms with Gasteiger partial charge in [-0.05, 0) is 79.4 Å². The maximum absolute atomic E-state index is 10.8. The van der Waals surface area contributed by atoms with Gasteiger partial charge in [-0.1, -0.05) is 0 Å². The number of hydrogen-bond acceptors (Lipinski definition) is 6. The number of rotatable bonds is 7. The molecule has 0 spiro atoms. The molecular weight excluding hydrogens is 411 g/mol. The van der Waals surface area contributed by atoms with E-state index in [0.29, 0.717) is 23.8 Å². The van der Waals surface area contributed by atoms with E-state index in [1.54, 1.807) is 0 Å². The number of carbonyl (C=O) groups excluding carboxylic acids is 1. The molecular formula is C21H23N4NaO3S. The van der Waals surface area contributed by atoms with Crippen LogP contribution in [0.3, 0.4) is 0 Å². The van der Waals surface area contributed by atoms with Crippen LogP contribution in [0.25, 0.3) is 11.0 Å². The zero-order valence-electron chi connectivity index (χ0n) is 17.2. The minimum atomic E-state index is -0.985. The second-order valence-electron chi connectivity index (χ2n) is 7.46. The summed E-state index contributed by atoms with van der Waals surface area (Å²) in [7, 11) is 2.04. The molecule has 0 amide bonds. The van der Waals surface area contributed by atoms with Crippen molar-refractivity contribution in [2.75, 3.05) is 30.5 Å². The van der Waals surface area contributed by atoms with Crippen LogP contribution < -0.4 is 49.6 Å². The largest absolute Gasteiger partial charge is 1.00 e. The SMILES string of the molecule is CN1CC(CCC(=O)[O-])Cc2cc(OCNc3ccc4[nH]c(=S)[nH]c4c3)ccc21.[Na+]. The molecule has 1 aliphatic rings. The first-order chi connectivity index (χ1) is 14.0. The smallest absolute Gasteiger partial charge is 0.550 e. The zero-order valence-corrected chi connectivity index (χ0v) is 20.0. The Morgan fingerprint density at radius 1 is 1.27 bits per heavy atom. The normalized spacial score (nSPS) is 15.4. The fourth-order valence-corrected chi connectivity index (χ4v) is 4.13. The fraction of sp³-hybridized carbons (Fsp3) is 0.333. The van der Waals surface area contributed by atoms with E-state index in [1.165, 1.54) is 11.3 Å². The third-order valence-electron chi connectivity index (χ3n) is 5.29. The Hall–Kier alpha value is -2.00. The number of carbonyl (C=O) groups is 1. The van der Waals surface area contributed by atoms with Gasteiger partial charge in [0.1, 0.15) is 5.75 Å². The number of carboxylic acids is 1. The number of H-pyrrole nitrogens is 2. The van der Waals surface area contributed by atoms with Gasteiger partial charge in [-0.25, -0.2) is 0 Å². The average Bonchev–Trinajstić information content (AvgIpc) is 3.05. The predicted octanol–water partition coefficient (Wildman–Crippen LogP) is -0.184. The van der Waals surface area contributed by atoms with E-state index >= 15 is 0 Å². The Morgan fingerprint density at radius 2 is 2.07 bits per heavy atom. The molecule has 4 rings (SSSR count). The third kappa shape index (κ3) is 5.37. The number of hydrogen-bond donors (Lipinski definition) is 3. The molecule has 1 unspecified atom stereocenters. The van der Waals surface area contributed by atoms with Crippen molar-refractivity contribution < 1.29 is 44.2 Å². The Morgan fingerprint density at radius 3 is 2.87 bits per heavy atom. The van der Waals surface area contributed by atoms with E-state index in [0.717, 1.165) is 35.4 Å². The molecule has 0 bridgehead atoms. The molecule has 9 heteroatoms. The standard InChI is InChI=1S/C21H24N4O3S.Na/c1-25-11-13(2-7-20(26)27)8-14-9-16(4-6-19(14)25)28-12-22-15-3-5-17-18(10-15)24-21(29)23-17;/h3-6,9-10,13,22H,2,7-8,11-12H2,1H3,(H,26,27)(H2,23,24,29);/q;+1/p-1. The molecule has 1 aliphatic heterocycles. The maximum Gasteiger partial charge on any atom is 1.00 e. The minimum Gasteiger partial charge on any atom is -0.550 e. The number of imidazole rings is 1. The van der Waals surface area contributed by atoms with E-state index < -0.39 is 5.97 Å². The molecule has 2 heterocycles. The number of aliphatic carboxylic acids is 1. The van der Waals surface area contributed by atoms with Gasteiger partial charge in [0.2, 0.25) is 0 Å². The maximum atomic E-state index is 10.8. The van der Waals surface area contributed by atoms with Crippen LogP contribution in [0.2, 0.25) is 0 Å². The van der Waals surface area contributed by atoms with Crippen LogP contribution in [0.15, 0.2) is 36.4 Å². The van der Waals surface area contributed by atoms with E-state index in [2.05, 4.69) is 26.3 Å². The van der Waals surface area contributed by atoms with Gasteiger partial charge in [0, 0.05) is 30.9 Å². The fourth-order valence-electron chi connectivity index (χ4n) is 3.91. The van der Waals surface area contributed by atoms with Crippen molar-refractivity contribution in [3.8, 4) is 5.75 Å². The first kappa shape index (κ1) is 22.7. The molecule has 7 nitrogen and oxygen atoms in total. The van der Waals surface area contributed by atoms with Gasteiger partial charge in [0.25, 0.3) is 0 Å². The molecule has 1 aromatic heterocycles. The molecule has 0 aliphatic carbocycles. The summed E-state index contributed by atoms with van der Waals surface area (Å²) in [6, 6.07) is 12.0. The summed E-state index contributed by atoms with van der Waals surface area (Å²) >= 11 is 5.11. The van der Waals surface area contributed by atoms with Crippen LogP contribution in [0.5, 0.6) is 5.75 Å². The summed E-state index contributed by atoms with van der Waals surface area (Å²) in [5, 5.41) is 14.0. The van der Waals surface area contributed by atoms with Crippen LogP contribution in [-0.2, 0) is 11.2 Å². The molecule has 0 saturated carbocycles. The number of anilines is 2. The van der Waals surface area contributed by atoms with Gasteiger partial charge in [0.15, 0.2) is 11.5 Å². The molecule has 0 saturated heterocycles. The number of fused-ring (bicyclic) bond motifs is 2. The van der Waals surface area contributed by atoms with E-state index in [1.807, 2.05) is 37.4 Å². The molecule has 3 N–H and O–H groups in total. The molecule has 2 aromatic carbocycles. The quantitative estimate of drug-likeness (QED) is 0.271. The molecule has 0 fully saturated rings. The summed E-state index contributed by atoms with van der Waals surface area (Å²) < 4.78 is 6.49. The monoisotopic (exact) mass is 434 g/mol. The van der Waals surface area contributed by atoms with E-state index in [4.69, 9.17) is 17.0 Å². The Kier molecular flexibility index (Phi) is 7.46. The molecule has 30 heavy (non-hydrogen) atoms. The van der Waals surface area contributed by atoms with E-state index in [-0.39, 0.29) is 36.0 Å². The Bertz CT molecular complexity index is 1100. The van der Waals surface area contributed by atoms with Crippen molar-refractivity contribution in [2.24, 2.45) is 5.92 Å². The topological polar surface area (TPSA) is 96.2 Å². The van der Waals surface area contributed by atoms with Gasteiger partial charge in [-0.3, -0.25) is 0 Å². The second kappa shape index (κ2) is 9.87. The molecule has 0 radical (unpaired) electrons. The van der Waals surface area contributed by atoms with Gasteiger partial charge in [-0.2, -0.15) is 0 Å². The van der Waals surface area contributed by atoms with Gasteiger partial charge < -0.3 is 34.8 Å². The van der Waals surface area contributed by atoms with Gasteiger partial charge in [-0.15, -0.1) is 0 Å². The Balaban J connectivity index is 0.00000256. The van der Waals surface area contributed by atoms with Crippen LogP contribution in [0.4, 0.5) is 11.4 Å². The number of benzene rings is 2. The first-order valence-corrected chi connectivity index (χ1v) is 10.0. The summed E-state index contributed by atoms with van der Waals surface area (Å²) in [6.45, 7) is 1.19. The summed E-state index contributed by atoms with van der Waals surface area (Å²) in [5.74, 6) is 0.102. The number of nitrogens with one attached hydrogen (secondary N) is 3. The van der Waals surface area contributed by atoms with Crippen LogP contribution in [0, 0.1) is 10.7 Å². The molecule has 3 aromatic rings. The number of aromatic nitrogens is 2. The van der Waals surface area contributed by atoms with Crippen molar-refractivity contribution in [2.45, 2.75) is 19.3 Å². The minimum absolute atomic E-state index is 0. The Labute approximate surface area is 202 Å². The van der Waals surface area contributed by atoms with Crippen molar-refractivity contribution in [3.63, 3.8) is 0 Å². The second-order valence-corrected chi connectivity index (χ2v) is 7.87. The van der Waals surface area contributed by atoms with Crippen molar-refractivity contribution in [1.29, 1.82) is 0 Å². The molecule has 152 valence electrons. The van der Waals surface area contributed by atoms with Gasteiger partial charge >= 0.3 is 29.6 Å². The predicted molar refractivity (Wildman–Crippen MR) is 114 cm³/mol. The van der Waals surface area contributed by atoms with E-state index in [9.17, 15) is 9.90 Å². The van der Waals surface area contributed by atoms with Crippen molar-refractivity contribution >= 4 is 40.6 Å². The molecule has 1 atom stereocenters. The first-order valence-electron chi connectivity index (χ1n) is 9.60. The summed E-state index contributed by atoms with van der Waals surface area (Å²) in [6.07, 6.45) is 1.58. The number of ether oxygens (including phenoxy) is 1. The van der Waals surface area contributed by atoms with Crippen LogP contribution in [0.1, 0.15) is 18.4 Å². The summed E-state index contributed by atoms with van der Waals surface area (Å²) in [4.78, 5) is 19.1. The van der Waals surface area contributed by atoms with Crippen LogP contribution in [-0.4, -0.2) is 36.3 Å². The van der Waals surface area contributed by atoms with Crippen molar-refractivity contribution in [1.82, 2.24) is 9.97 Å². The van der Waals surface area contributed by atoms with Crippen LogP contribution >= 0.6 is 12.2 Å². The number of nitrogens with zero attached hydrogens (tertiary/aromatic N) is 1. The average molecular weight is 434 g/mol. The van der Waals surface area contributed by atoms with Crippen molar-refractivity contribution in [3.05, 3.63) is 46.7 Å². The van der Waals surface area contributed by atoms with Gasteiger partial charge in [0.05, 0.1) is 11.0 Å². The number of carboxylic acid groups (broad SMARTS) is 1. The summed E-state index contributed by atoms with van der Waals surface area (Å²) in [5.41, 5.74) is 5.19. The number of aromatic amines is 2. The third-order valence-corrected chi connectivity index (χ3v) is 5.49.